The maximum Gasteiger partial charge on any atom is 0.338 e. The third-order valence-electron chi connectivity index (χ3n) is 1.83. The maximum atomic E-state index is 12.3. The van der Waals surface area contributed by atoms with Gasteiger partial charge >= 0.3 is 5.97 Å². The largest absolute Gasteiger partial charge is 0.478 e. The van der Waals surface area contributed by atoms with Crippen molar-refractivity contribution in [3.63, 3.8) is 0 Å². The molecule has 1 heterocycles. The van der Waals surface area contributed by atoms with Crippen LogP contribution in [0.2, 0.25) is 0 Å². The summed E-state index contributed by atoms with van der Waals surface area (Å²) in [5, 5.41) is 8.69. The summed E-state index contributed by atoms with van der Waals surface area (Å²) in [5.74, 6) is -1.45. The van der Waals surface area contributed by atoms with E-state index in [1.165, 1.54) is 6.92 Å². The first-order chi connectivity index (χ1) is 6.45. The standard InChI is InChI=1S/C8H8F2N2O2/c1-3-4(11)2-12-6(7(9)10)5(3)8(13)14/h2,7H,11H2,1H3,(H,13,14). The molecule has 1 rings (SSSR count). The number of hydrogen-bond donors (Lipinski definition) is 2. The van der Waals surface area contributed by atoms with Crippen molar-refractivity contribution in [2.75, 3.05) is 5.73 Å². The van der Waals surface area contributed by atoms with Crippen molar-refractivity contribution in [1.82, 2.24) is 4.98 Å². The molecule has 6 heteroatoms. The van der Waals surface area contributed by atoms with Crippen LogP contribution in [0.25, 0.3) is 0 Å². The van der Waals surface area contributed by atoms with Crippen molar-refractivity contribution in [2.24, 2.45) is 0 Å². The van der Waals surface area contributed by atoms with Gasteiger partial charge in [-0.15, -0.1) is 0 Å². The second kappa shape index (κ2) is 3.57. The molecule has 0 aliphatic rings. The van der Waals surface area contributed by atoms with E-state index in [0.717, 1.165) is 6.20 Å². The number of pyridine rings is 1. The molecule has 1 aromatic heterocycles. The van der Waals surface area contributed by atoms with Crippen LogP contribution in [0.1, 0.15) is 28.0 Å². The Balaban J connectivity index is 3.45. The number of alkyl halides is 2. The quantitative estimate of drug-likeness (QED) is 0.763. The van der Waals surface area contributed by atoms with Crippen molar-refractivity contribution in [1.29, 1.82) is 0 Å². The molecular weight excluding hydrogens is 194 g/mol. The molecule has 0 radical (unpaired) electrons. The third-order valence-corrected chi connectivity index (χ3v) is 1.83. The van der Waals surface area contributed by atoms with E-state index in [0.29, 0.717) is 0 Å². The molecule has 0 aliphatic heterocycles. The third kappa shape index (κ3) is 1.63. The lowest BCUT2D eigenvalue weighted by atomic mass is 10.1. The highest BCUT2D eigenvalue weighted by Crippen LogP contribution is 2.25. The molecule has 0 aliphatic carbocycles. The number of carboxylic acids is 1. The Labute approximate surface area is 78.4 Å². The Morgan fingerprint density at radius 1 is 1.64 bits per heavy atom. The minimum Gasteiger partial charge on any atom is -0.478 e. The van der Waals surface area contributed by atoms with E-state index >= 15 is 0 Å². The monoisotopic (exact) mass is 202 g/mol. The van der Waals surface area contributed by atoms with Crippen LogP contribution in [0.15, 0.2) is 6.20 Å². The topological polar surface area (TPSA) is 76.2 Å². The van der Waals surface area contributed by atoms with Crippen LogP contribution in [-0.2, 0) is 0 Å². The number of carboxylic acid groups (broad SMARTS) is 1. The fourth-order valence-corrected chi connectivity index (χ4v) is 1.07. The van der Waals surface area contributed by atoms with Gasteiger partial charge in [0.15, 0.2) is 0 Å². The van der Waals surface area contributed by atoms with E-state index in [9.17, 15) is 13.6 Å². The number of nitrogen functional groups attached to an aromatic ring is 1. The van der Waals surface area contributed by atoms with Gasteiger partial charge in [-0.3, -0.25) is 4.98 Å². The predicted octanol–water partition coefficient (Wildman–Crippen LogP) is 1.61. The zero-order valence-electron chi connectivity index (χ0n) is 7.29. The van der Waals surface area contributed by atoms with E-state index in [1.807, 2.05) is 0 Å². The summed E-state index contributed by atoms with van der Waals surface area (Å²) in [6, 6.07) is 0. The van der Waals surface area contributed by atoms with Crippen molar-refractivity contribution in [3.8, 4) is 0 Å². The average molecular weight is 202 g/mol. The molecule has 0 saturated heterocycles. The number of rotatable bonds is 2. The smallest absolute Gasteiger partial charge is 0.338 e. The Morgan fingerprint density at radius 3 is 2.64 bits per heavy atom. The van der Waals surface area contributed by atoms with Gasteiger partial charge in [0.05, 0.1) is 17.4 Å². The second-order valence-corrected chi connectivity index (χ2v) is 2.70. The molecule has 0 aromatic carbocycles. The van der Waals surface area contributed by atoms with Gasteiger partial charge in [0.2, 0.25) is 0 Å². The van der Waals surface area contributed by atoms with Gasteiger partial charge in [-0.25, -0.2) is 13.6 Å². The Bertz CT molecular complexity index is 380. The summed E-state index contributed by atoms with van der Waals surface area (Å²) >= 11 is 0. The number of aromatic nitrogens is 1. The van der Waals surface area contributed by atoms with Gasteiger partial charge in [-0.05, 0) is 12.5 Å². The van der Waals surface area contributed by atoms with Crippen LogP contribution >= 0.6 is 0 Å². The first kappa shape index (κ1) is 10.4. The number of nitrogens with zero attached hydrogens (tertiary/aromatic N) is 1. The van der Waals surface area contributed by atoms with Crippen LogP contribution in [-0.4, -0.2) is 16.1 Å². The Morgan fingerprint density at radius 2 is 2.21 bits per heavy atom. The zero-order chi connectivity index (χ0) is 10.9. The van der Waals surface area contributed by atoms with Crippen LogP contribution in [0.4, 0.5) is 14.5 Å². The second-order valence-electron chi connectivity index (χ2n) is 2.70. The molecular formula is C8H8F2N2O2. The van der Waals surface area contributed by atoms with Gasteiger partial charge in [0.25, 0.3) is 6.43 Å². The van der Waals surface area contributed by atoms with Gasteiger partial charge in [-0.2, -0.15) is 0 Å². The fourth-order valence-electron chi connectivity index (χ4n) is 1.07. The van der Waals surface area contributed by atoms with E-state index in [-0.39, 0.29) is 11.3 Å². The highest BCUT2D eigenvalue weighted by molar-refractivity contribution is 5.92. The van der Waals surface area contributed by atoms with Crippen LogP contribution in [0.5, 0.6) is 0 Å². The van der Waals surface area contributed by atoms with E-state index in [2.05, 4.69) is 4.98 Å². The number of halogens is 2. The predicted molar refractivity (Wildman–Crippen MR) is 45.3 cm³/mol. The minimum absolute atomic E-state index is 0.0896. The molecule has 14 heavy (non-hydrogen) atoms. The van der Waals surface area contributed by atoms with E-state index in [4.69, 9.17) is 10.8 Å². The lowest BCUT2D eigenvalue weighted by Crippen LogP contribution is -2.10. The molecule has 0 amide bonds. The van der Waals surface area contributed by atoms with E-state index in [1.54, 1.807) is 0 Å². The molecule has 0 bridgehead atoms. The Kier molecular flexibility index (Phi) is 2.64. The maximum absolute atomic E-state index is 12.3. The van der Waals surface area contributed by atoms with Gasteiger partial charge in [0.1, 0.15) is 5.69 Å². The van der Waals surface area contributed by atoms with E-state index < -0.39 is 23.7 Å². The number of anilines is 1. The fraction of sp³-hybridized carbons (Fsp3) is 0.250. The summed E-state index contributed by atoms with van der Waals surface area (Å²) in [5.41, 5.74) is 4.30. The molecule has 0 fully saturated rings. The van der Waals surface area contributed by atoms with Crippen LogP contribution in [0, 0.1) is 6.92 Å². The molecule has 4 nitrogen and oxygen atoms in total. The summed E-state index contributed by atoms with van der Waals surface area (Å²) in [6.07, 6.45) is -1.89. The molecule has 0 atom stereocenters. The first-order valence-corrected chi connectivity index (χ1v) is 3.71. The molecule has 0 unspecified atom stereocenters. The summed E-state index contributed by atoms with van der Waals surface area (Å²) in [6.45, 7) is 1.37. The summed E-state index contributed by atoms with van der Waals surface area (Å²) in [4.78, 5) is 14.0. The normalized spacial score (nSPS) is 10.6. The molecule has 76 valence electrons. The van der Waals surface area contributed by atoms with Gasteiger partial charge in [0, 0.05) is 0 Å². The van der Waals surface area contributed by atoms with Gasteiger partial charge < -0.3 is 10.8 Å². The zero-order valence-corrected chi connectivity index (χ0v) is 7.29. The SMILES string of the molecule is Cc1c(N)cnc(C(F)F)c1C(=O)O. The molecule has 1 aromatic rings. The van der Waals surface area contributed by atoms with Crippen LogP contribution < -0.4 is 5.73 Å². The minimum atomic E-state index is -2.92. The number of hydrogen-bond acceptors (Lipinski definition) is 3. The number of nitrogens with two attached hydrogens (primary N) is 1. The number of carbonyl (C=O) groups is 1. The molecule has 3 N–H and O–H groups in total. The van der Waals surface area contributed by atoms with Crippen molar-refractivity contribution in [3.05, 3.63) is 23.0 Å². The Hall–Kier alpha value is -1.72. The average Bonchev–Trinajstić information content (AvgIpc) is 2.08. The van der Waals surface area contributed by atoms with Crippen molar-refractivity contribution < 1.29 is 18.7 Å². The van der Waals surface area contributed by atoms with Crippen molar-refractivity contribution >= 4 is 11.7 Å². The molecule has 0 saturated carbocycles. The lowest BCUT2D eigenvalue weighted by molar-refractivity contribution is 0.0681. The van der Waals surface area contributed by atoms with Gasteiger partial charge in [-0.1, -0.05) is 0 Å². The summed E-state index contributed by atoms with van der Waals surface area (Å²) < 4.78 is 24.7. The van der Waals surface area contributed by atoms with Crippen molar-refractivity contribution in [2.45, 2.75) is 13.3 Å². The first-order valence-electron chi connectivity index (χ1n) is 3.71. The summed E-state index contributed by atoms with van der Waals surface area (Å²) in [7, 11) is 0. The molecule has 0 spiro atoms. The number of aromatic carboxylic acids is 1. The highest BCUT2D eigenvalue weighted by Gasteiger charge is 2.22. The van der Waals surface area contributed by atoms with Crippen LogP contribution in [0.3, 0.4) is 0 Å². The lowest BCUT2D eigenvalue weighted by Gasteiger charge is -2.08. The highest BCUT2D eigenvalue weighted by atomic mass is 19.3.